The topological polar surface area (TPSA) is 54.3 Å². The van der Waals surface area contributed by atoms with Gasteiger partial charge in [0.05, 0.1) is 12.7 Å². The quantitative estimate of drug-likeness (QED) is 0.812. The normalized spacial score (nSPS) is 15.3. The first-order valence-corrected chi connectivity index (χ1v) is 9.00. The Balaban J connectivity index is 1.49. The fourth-order valence-electron chi connectivity index (χ4n) is 2.79. The number of rotatable bonds is 6. The number of nitrogens with zero attached hydrogens (tertiary/aromatic N) is 5. The van der Waals surface area contributed by atoms with Crippen LogP contribution in [0, 0.1) is 0 Å². The minimum absolute atomic E-state index is 0.0166. The fourth-order valence-corrected chi connectivity index (χ4v) is 3.57. The van der Waals surface area contributed by atoms with Crippen molar-refractivity contribution in [1.29, 1.82) is 0 Å². The number of aromatic nitrogens is 3. The molecule has 3 heterocycles. The number of piperidine rings is 1. The van der Waals surface area contributed by atoms with Gasteiger partial charge < -0.3 is 4.90 Å². The second-order valence-electron chi connectivity index (χ2n) is 6.04. The number of carbonyl (C=O) groups is 1. The zero-order chi connectivity index (χ0) is 16.1. The van der Waals surface area contributed by atoms with Crippen molar-refractivity contribution in [3.05, 3.63) is 34.3 Å². The molecule has 0 radical (unpaired) electrons. The predicted octanol–water partition coefficient (Wildman–Crippen LogP) is 2.10. The molecule has 0 aliphatic carbocycles. The van der Waals surface area contributed by atoms with Gasteiger partial charge in [-0.05, 0) is 37.8 Å². The first-order valence-electron chi connectivity index (χ1n) is 8.13. The van der Waals surface area contributed by atoms with Crippen LogP contribution in [-0.4, -0.2) is 57.4 Å². The third-order valence-corrected chi connectivity index (χ3v) is 4.98. The van der Waals surface area contributed by atoms with Crippen molar-refractivity contribution in [2.24, 2.45) is 0 Å². The second-order valence-corrected chi connectivity index (χ2v) is 7.07. The van der Waals surface area contributed by atoms with Crippen molar-refractivity contribution in [3.8, 4) is 0 Å². The minimum atomic E-state index is 0.0166. The highest BCUT2D eigenvalue weighted by Gasteiger charge is 2.20. The number of amides is 1. The summed E-state index contributed by atoms with van der Waals surface area (Å²) in [7, 11) is 2.09. The van der Waals surface area contributed by atoms with Gasteiger partial charge in [0, 0.05) is 31.1 Å². The third-order valence-electron chi connectivity index (χ3n) is 4.12. The summed E-state index contributed by atoms with van der Waals surface area (Å²) in [6.07, 6.45) is 5.17. The Morgan fingerprint density at radius 2 is 2.17 bits per heavy atom. The van der Waals surface area contributed by atoms with Gasteiger partial charge in [0.1, 0.15) is 0 Å². The Hall–Kier alpha value is -1.73. The molecule has 2 aromatic rings. The van der Waals surface area contributed by atoms with Crippen molar-refractivity contribution in [1.82, 2.24) is 24.8 Å². The molecule has 1 aliphatic rings. The van der Waals surface area contributed by atoms with Gasteiger partial charge in [-0.1, -0.05) is 11.3 Å². The zero-order valence-electron chi connectivity index (χ0n) is 13.5. The Morgan fingerprint density at radius 3 is 2.91 bits per heavy atom. The standard InChI is InChI=1S/C16H23N5OS/c1-19(12-14-6-5-11-23-14)9-10-21-13-15(17-18-21)16(22)20-7-3-2-4-8-20/h5-6,11,13H,2-4,7-10,12H2,1H3. The largest absolute Gasteiger partial charge is 0.337 e. The van der Waals surface area contributed by atoms with E-state index in [4.69, 9.17) is 0 Å². The van der Waals surface area contributed by atoms with Gasteiger partial charge in [0.15, 0.2) is 5.69 Å². The maximum Gasteiger partial charge on any atom is 0.276 e. The first-order chi connectivity index (χ1) is 11.2. The average Bonchev–Trinajstić information content (AvgIpc) is 3.25. The van der Waals surface area contributed by atoms with Crippen molar-refractivity contribution in [2.45, 2.75) is 32.4 Å². The van der Waals surface area contributed by atoms with Gasteiger partial charge in [-0.25, -0.2) is 0 Å². The summed E-state index contributed by atoms with van der Waals surface area (Å²) in [6.45, 7) is 4.23. The van der Waals surface area contributed by atoms with Crippen molar-refractivity contribution < 1.29 is 4.79 Å². The van der Waals surface area contributed by atoms with Crippen LogP contribution in [0.4, 0.5) is 0 Å². The monoisotopic (exact) mass is 333 g/mol. The molecule has 6 nitrogen and oxygen atoms in total. The number of thiophene rings is 1. The number of likely N-dealkylation sites (N-methyl/N-ethyl adjacent to an activating group) is 1. The van der Waals surface area contributed by atoms with E-state index in [1.807, 2.05) is 4.90 Å². The summed E-state index contributed by atoms with van der Waals surface area (Å²) < 4.78 is 1.77. The van der Waals surface area contributed by atoms with Crippen molar-refractivity contribution >= 4 is 17.2 Å². The van der Waals surface area contributed by atoms with Crippen LogP contribution >= 0.6 is 11.3 Å². The maximum atomic E-state index is 12.4. The molecule has 0 saturated carbocycles. The highest BCUT2D eigenvalue weighted by atomic mass is 32.1. The molecule has 1 amide bonds. The Bertz CT molecular complexity index is 618. The van der Waals surface area contributed by atoms with Gasteiger partial charge >= 0.3 is 0 Å². The minimum Gasteiger partial charge on any atom is -0.337 e. The molecule has 0 N–H and O–H groups in total. The Morgan fingerprint density at radius 1 is 1.35 bits per heavy atom. The lowest BCUT2D eigenvalue weighted by atomic mass is 10.1. The number of carbonyl (C=O) groups excluding carboxylic acids is 1. The van der Waals surface area contributed by atoms with Crippen molar-refractivity contribution in [2.75, 3.05) is 26.7 Å². The lowest BCUT2D eigenvalue weighted by Gasteiger charge is -2.25. The van der Waals surface area contributed by atoms with Crippen LogP contribution in [0.25, 0.3) is 0 Å². The van der Waals surface area contributed by atoms with Gasteiger partial charge in [-0.3, -0.25) is 14.4 Å². The smallest absolute Gasteiger partial charge is 0.276 e. The summed E-state index contributed by atoms with van der Waals surface area (Å²) in [4.78, 5) is 17.9. The van der Waals surface area contributed by atoms with Crippen LogP contribution in [0.15, 0.2) is 23.7 Å². The van der Waals surface area contributed by atoms with E-state index in [1.165, 1.54) is 11.3 Å². The van der Waals surface area contributed by atoms with E-state index in [0.29, 0.717) is 5.69 Å². The van der Waals surface area contributed by atoms with E-state index >= 15 is 0 Å². The number of likely N-dealkylation sites (tertiary alicyclic amines) is 1. The Labute approximate surface area is 140 Å². The molecule has 3 rings (SSSR count). The van der Waals surface area contributed by atoms with Gasteiger partial charge in [0.25, 0.3) is 5.91 Å². The van der Waals surface area contributed by atoms with E-state index in [0.717, 1.165) is 45.6 Å². The van der Waals surface area contributed by atoms with Gasteiger partial charge in [0.2, 0.25) is 0 Å². The summed E-state index contributed by atoms with van der Waals surface area (Å²) in [5.41, 5.74) is 0.466. The molecule has 7 heteroatoms. The van der Waals surface area contributed by atoms with E-state index in [-0.39, 0.29) is 5.91 Å². The van der Waals surface area contributed by atoms with Crippen LogP contribution in [0.1, 0.15) is 34.6 Å². The molecular weight excluding hydrogens is 310 g/mol. The lowest BCUT2D eigenvalue weighted by Crippen LogP contribution is -2.35. The predicted molar refractivity (Wildman–Crippen MR) is 90.4 cm³/mol. The van der Waals surface area contributed by atoms with E-state index in [2.05, 4.69) is 39.8 Å². The van der Waals surface area contributed by atoms with Crippen LogP contribution in [0.5, 0.6) is 0 Å². The molecule has 0 aromatic carbocycles. The molecule has 23 heavy (non-hydrogen) atoms. The third kappa shape index (κ3) is 4.39. The molecule has 124 valence electrons. The SMILES string of the molecule is CN(CCn1cc(C(=O)N2CCCCC2)nn1)Cc1cccs1. The lowest BCUT2D eigenvalue weighted by molar-refractivity contribution is 0.0718. The highest BCUT2D eigenvalue weighted by molar-refractivity contribution is 7.09. The van der Waals surface area contributed by atoms with Crippen LogP contribution in [0.2, 0.25) is 0 Å². The molecule has 0 unspecified atom stereocenters. The molecule has 1 aliphatic heterocycles. The van der Waals surface area contributed by atoms with Crippen LogP contribution in [-0.2, 0) is 13.1 Å². The molecule has 0 bridgehead atoms. The maximum absolute atomic E-state index is 12.4. The zero-order valence-corrected chi connectivity index (χ0v) is 14.3. The summed E-state index contributed by atoms with van der Waals surface area (Å²) in [6, 6.07) is 4.22. The van der Waals surface area contributed by atoms with Crippen LogP contribution < -0.4 is 0 Å². The van der Waals surface area contributed by atoms with Crippen molar-refractivity contribution in [3.63, 3.8) is 0 Å². The highest BCUT2D eigenvalue weighted by Crippen LogP contribution is 2.12. The molecule has 2 aromatic heterocycles. The van der Waals surface area contributed by atoms with Gasteiger partial charge in [-0.2, -0.15) is 0 Å². The molecule has 0 atom stereocenters. The average molecular weight is 333 g/mol. The number of hydrogen-bond acceptors (Lipinski definition) is 5. The molecule has 1 saturated heterocycles. The van der Waals surface area contributed by atoms with Crippen LogP contribution in [0.3, 0.4) is 0 Å². The first kappa shape index (κ1) is 16.1. The van der Waals surface area contributed by atoms with E-state index < -0.39 is 0 Å². The van der Waals surface area contributed by atoms with E-state index in [9.17, 15) is 4.79 Å². The van der Waals surface area contributed by atoms with Gasteiger partial charge in [-0.15, -0.1) is 16.4 Å². The summed E-state index contributed by atoms with van der Waals surface area (Å²) in [5, 5.41) is 10.2. The fraction of sp³-hybridized carbons (Fsp3) is 0.562. The second kappa shape index (κ2) is 7.70. The molecule has 1 fully saturated rings. The van der Waals surface area contributed by atoms with E-state index in [1.54, 1.807) is 22.2 Å². The summed E-state index contributed by atoms with van der Waals surface area (Å²) >= 11 is 1.77. The molecule has 0 spiro atoms. The molecular formula is C16H23N5OS. The summed E-state index contributed by atoms with van der Waals surface area (Å²) in [5.74, 6) is 0.0166. The Kier molecular flexibility index (Phi) is 5.40. The number of hydrogen-bond donors (Lipinski definition) is 0.